The summed E-state index contributed by atoms with van der Waals surface area (Å²) < 4.78 is 1.89. The van der Waals surface area contributed by atoms with Crippen LogP contribution in [0.3, 0.4) is 0 Å². The lowest BCUT2D eigenvalue weighted by molar-refractivity contribution is 1.11. The minimum absolute atomic E-state index is 0.731. The lowest BCUT2D eigenvalue weighted by Gasteiger charge is -2.00. The van der Waals surface area contributed by atoms with Crippen LogP contribution >= 0.6 is 45.2 Å². The van der Waals surface area contributed by atoms with E-state index < -0.39 is 0 Å². The van der Waals surface area contributed by atoms with E-state index in [-0.39, 0.29) is 0 Å². The molecule has 14 heavy (non-hydrogen) atoms. The molecule has 0 aromatic carbocycles. The molecule has 2 heterocycles. The summed E-state index contributed by atoms with van der Waals surface area (Å²) in [7, 11) is 0. The number of rotatable bonds is 1. The first-order valence-corrected chi connectivity index (χ1v) is 6.02. The highest BCUT2D eigenvalue weighted by molar-refractivity contribution is 14.1. The third-order valence-electron chi connectivity index (χ3n) is 1.58. The molecule has 0 atom stereocenters. The van der Waals surface area contributed by atoms with Crippen LogP contribution < -0.4 is 0 Å². The van der Waals surface area contributed by atoms with Gasteiger partial charge in [0.2, 0.25) is 0 Å². The van der Waals surface area contributed by atoms with Crippen molar-refractivity contribution in [2.45, 2.75) is 0 Å². The van der Waals surface area contributed by atoms with Crippen LogP contribution in [0.15, 0.2) is 30.6 Å². The average Bonchev–Trinajstić information content (AvgIpc) is 2.18. The van der Waals surface area contributed by atoms with Crippen molar-refractivity contribution in [3.8, 4) is 11.4 Å². The zero-order valence-corrected chi connectivity index (χ0v) is 11.3. The van der Waals surface area contributed by atoms with Gasteiger partial charge in [0.15, 0.2) is 5.82 Å². The smallest absolute Gasteiger partial charge is 0.163 e. The molecule has 0 bridgehead atoms. The third kappa shape index (κ3) is 2.38. The summed E-state index contributed by atoms with van der Waals surface area (Å²) in [6.07, 6.45) is 3.50. The van der Waals surface area contributed by atoms with Gasteiger partial charge in [0.25, 0.3) is 0 Å². The highest BCUT2D eigenvalue weighted by Crippen LogP contribution is 2.16. The average molecular weight is 409 g/mol. The van der Waals surface area contributed by atoms with Crippen LogP contribution in [-0.2, 0) is 0 Å². The summed E-state index contributed by atoms with van der Waals surface area (Å²) in [4.78, 5) is 12.7. The number of hydrogen-bond acceptors (Lipinski definition) is 3. The fourth-order valence-electron chi connectivity index (χ4n) is 1.01. The molecule has 0 aliphatic carbocycles. The highest BCUT2D eigenvalue weighted by atomic mass is 127. The van der Waals surface area contributed by atoms with E-state index in [1.807, 2.05) is 18.2 Å². The maximum Gasteiger partial charge on any atom is 0.163 e. The molecule has 0 radical (unpaired) electrons. The maximum atomic E-state index is 4.34. The molecule has 2 aromatic rings. The van der Waals surface area contributed by atoms with E-state index >= 15 is 0 Å². The molecule has 3 nitrogen and oxygen atoms in total. The van der Waals surface area contributed by atoms with Crippen LogP contribution in [0.25, 0.3) is 11.4 Å². The first-order chi connectivity index (χ1) is 6.75. The van der Waals surface area contributed by atoms with Crippen LogP contribution in [0.4, 0.5) is 0 Å². The van der Waals surface area contributed by atoms with E-state index in [9.17, 15) is 0 Å². The van der Waals surface area contributed by atoms with E-state index in [0.29, 0.717) is 0 Å². The Balaban J connectivity index is 2.52. The summed E-state index contributed by atoms with van der Waals surface area (Å²) in [5, 5.41) is 0. The summed E-state index contributed by atoms with van der Waals surface area (Å²) in [5.74, 6) is 0.731. The Labute approximate surface area is 109 Å². The van der Waals surface area contributed by atoms with E-state index in [1.54, 1.807) is 12.4 Å². The summed E-state index contributed by atoms with van der Waals surface area (Å²) in [6, 6.07) is 5.76. The molecule has 0 unspecified atom stereocenters. The molecule has 2 rings (SSSR count). The minimum atomic E-state index is 0.731. The Morgan fingerprint density at radius 2 is 1.79 bits per heavy atom. The van der Waals surface area contributed by atoms with Crippen molar-refractivity contribution in [2.24, 2.45) is 0 Å². The Morgan fingerprint density at radius 1 is 1.07 bits per heavy atom. The SMILES string of the molecule is Ic1cc(I)nc(-c2cccnc2)n1. The summed E-state index contributed by atoms with van der Waals surface area (Å²) >= 11 is 4.36. The molecule has 0 N–H and O–H groups in total. The first kappa shape index (κ1) is 10.2. The second-order valence-corrected chi connectivity index (χ2v) is 4.79. The Bertz CT molecular complexity index is 425. The fraction of sp³-hybridized carbons (Fsp3) is 0. The maximum absolute atomic E-state index is 4.34. The predicted molar refractivity (Wildman–Crippen MR) is 70.7 cm³/mol. The molecular weight excluding hydrogens is 404 g/mol. The summed E-state index contributed by atoms with van der Waals surface area (Å²) in [6.45, 7) is 0. The second-order valence-electron chi connectivity index (χ2n) is 2.58. The van der Waals surface area contributed by atoms with E-state index in [1.165, 1.54) is 0 Å². The number of nitrogens with zero attached hydrogens (tertiary/aromatic N) is 3. The van der Waals surface area contributed by atoms with Crippen LogP contribution in [0.1, 0.15) is 0 Å². The minimum Gasteiger partial charge on any atom is -0.264 e. The van der Waals surface area contributed by atoms with Crippen molar-refractivity contribution in [2.75, 3.05) is 0 Å². The zero-order chi connectivity index (χ0) is 9.97. The van der Waals surface area contributed by atoms with Gasteiger partial charge in [-0.1, -0.05) is 0 Å². The van der Waals surface area contributed by atoms with Gasteiger partial charge in [0, 0.05) is 24.0 Å². The lowest BCUT2D eigenvalue weighted by Crippen LogP contribution is -1.94. The number of hydrogen-bond donors (Lipinski definition) is 0. The first-order valence-electron chi connectivity index (χ1n) is 3.86. The van der Waals surface area contributed by atoms with Gasteiger partial charge in [-0.25, -0.2) is 9.97 Å². The molecular formula is C9H5I2N3. The standard InChI is InChI=1S/C9H5I2N3/c10-7-4-8(11)14-9(13-7)6-2-1-3-12-5-6/h1-5H. The highest BCUT2D eigenvalue weighted by Gasteiger charge is 2.03. The summed E-state index contributed by atoms with van der Waals surface area (Å²) in [5.41, 5.74) is 0.948. The van der Waals surface area contributed by atoms with Crippen LogP contribution in [0, 0.1) is 7.40 Å². The fourth-order valence-corrected chi connectivity index (χ4v) is 2.66. The van der Waals surface area contributed by atoms with Gasteiger partial charge in [0.1, 0.15) is 7.40 Å². The number of aromatic nitrogens is 3. The van der Waals surface area contributed by atoms with Gasteiger partial charge in [-0.2, -0.15) is 0 Å². The molecule has 0 amide bonds. The van der Waals surface area contributed by atoms with Crippen molar-refractivity contribution in [1.29, 1.82) is 0 Å². The van der Waals surface area contributed by atoms with Gasteiger partial charge in [0.05, 0.1) is 0 Å². The second kappa shape index (κ2) is 4.47. The topological polar surface area (TPSA) is 38.7 Å². The van der Waals surface area contributed by atoms with Crippen molar-refractivity contribution in [3.63, 3.8) is 0 Å². The normalized spacial score (nSPS) is 10.1. The molecule has 0 saturated carbocycles. The molecule has 0 spiro atoms. The Kier molecular flexibility index (Phi) is 3.26. The predicted octanol–water partition coefficient (Wildman–Crippen LogP) is 2.75. The monoisotopic (exact) mass is 409 g/mol. The molecule has 0 saturated heterocycles. The van der Waals surface area contributed by atoms with Gasteiger partial charge >= 0.3 is 0 Å². The third-order valence-corrected chi connectivity index (χ3v) is 2.69. The molecule has 0 fully saturated rings. The number of pyridine rings is 1. The van der Waals surface area contributed by atoms with Gasteiger partial charge in [-0.05, 0) is 57.3 Å². The van der Waals surface area contributed by atoms with Crippen molar-refractivity contribution in [3.05, 3.63) is 38.0 Å². The van der Waals surface area contributed by atoms with Gasteiger partial charge in [-0.3, -0.25) is 4.98 Å². The van der Waals surface area contributed by atoms with E-state index in [4.69, 9.17) is 0 Å². The molecule has 2 aromatic heterocycles. The van der Waals surface area contributed by atoms with Crippen molar-refractivity contribution < 1.29 is 0 Å². The van der Waals surface area contributed by atoms with E-state index in [2.05, 4.69) is 60.1 Å². The Morgan fingerprint density at radius 3 is 2.36 bits per heavy atom. The van der Waals surface area contributed by atoms with Gasteiger partial charge in [-0.15, -0.1) is 0 Å². The Hall–Kier alpha value is -0.310. The molecule has 70 valence electrons. The number of halogens is 2. The zero-order valence-electron chi connectivity index (χ0n) is 6.98. The van der Waals surface area contributed by atoms with Crippen LogP contribution in [0.2, 0.25) is 0 Å². The molecule has 5 heteroatoms. The van der Waals surface area contributed by atoms with Crippen LogP contribution in [-0.4, -0.2) is 15.0 Å². The van der Waals surface area contributed by atoms with Crippen molar-refractivity contribution in [1.82, 2.24) is 15.0 Å². The molecule has 0 aliphatic heterocycles. The molecule has 0 aliphatic rings. The van der Waals surface area contributed by atoms with E-state index in [0.717, 1.165) is 18.8 Å². The van der Waals surface area contributed by atoms with Gasteiger partial charge < -0.3 is 0 Å². The quantitative estimate of drug-likeness (QED) is 0.538. The lowest BCUT2D eigenvalue weighted by atomic mass is 10.3. The van der Waals surface area contributed by atoms with Crippen molar-refractivity contribution >= 4 is 45.2 Å². The largest absolute Gasteiger partial charge is 0.264 e. The van der Waals surface area contributed by atoms with Crippen LogP contribution in [0.5, 0.6) is 0 Å².